The van der Waals surface area contributed by atoms with Crippen molar-refractivity contribution < 1.29 is 9.59 Å². The standard InChI is InChI=1S/C17H17ClN4O2/c1-20-17(24)14-7-10-4-2-3-5-11(10)9-22(14)16-13(18)6-12(8-21-16)15(19)23/h2-6,8,14H,7,9H2,1H3,(H2,19,23)(H,20,24)/t14-/m0/s1. The number of anilines is 1. The third kappa shape index (κ3) is 2.92. The SMILES string of the molecule is CNC(=O)[C@@H]1Cc2ccccc2CN1c1ncc(C(N)=O)cc1Cl. The first-order valence-corrected chi connectivity index (χ1v) is 7.89. The molecule has 1 aromatic carbocycles. The molecule has 2 heterocycles. The molecule has 0 spiro atoms. The average Bonchev–Trinajstić information content (AvgIpc) is 2.59. The van der Waals surface area contributed by atoms with Gasteiger partial charge in [0.1, 0.15) is 11.9 Å². The molecular formula is C17H17ClN4O2. The van der Waals surface area contributed by atoms with Gasteiger partial charge < -0.3 is 16.0 Å². The number of nitrogens with two attached hydrogens (primary N) is 1. The highest BCUT2D eigenvalue weighted by Crippen LogP contribution is 2.32. The monoisotopic (exact) mass is 344 g/mol. The second kappa shape index (κ2) is 6.49. The molecule has 6 nitrogen and oxygen atoms in total. The van der Waals surface area contributed by atoms with Gasteiger partial charge >= 0.3 is 0 Å². The summed E-state index contributed by atoms with van der Waals surface area (Å²) in [6.07, 6.45) is 1.94. The Kier molecular flexibility index (Phi) is 4.40. The molecule has 0 aliphatic carbocycles. The molecule has 0 bridgehead atoms. The fourth-order valence-electron chi connectivity index (χ4n) is 2.92. The largest absolute Gasteiger partial charge is 0.366 e. The molecule has 2 aromatic rings. The maximum Gasteiger partial charge on any atom is 0.250 e. The van der Waals surface area contributed by atoms with Crippen molar-refractivity contribution in [1.82, 2.24) is 10.3 Å². The van der Waals surface area contributed by atoms with Gasteiger partial charge in [0.2, 0.25) is 11.8 Å². The number of primary amides is 1. The summed E-state index contributed by atoms with van der Waals surface area (Å²) in [4.78, 5) is 29.7. The van der Waals surface area contributed by atoms with E-state index in [9.17, 15) is 9.59 Å². The van der Waals surface area contributed by atoms with Crippen LogP contribution in [0, 0.1) is 0 Å². The van der Waals surface area contributed by atoms with Gasteiger partial charge in [-0.25, -0.2) is 4.98 Å². The zero-order valence-corrected chi connectivity index (χ0v) is 13.9. The number of benzene rings is 1. The van der Waals surface area contributed by atoms with Crippen LogP contribution in [0.3, 0.4) is 0 Å². The number of amides is 2. The lowest BCUT2D eigenvalue weighted by atomic mass is 9.93. The van der Waals surface area contributed by atoms with Crippen molar-refractivity contribution >= 4 is 29.2 Å². The van der Waals surface area contributed by atoms with Crippen molar-refractivity contribution in [2.24, 2.45) is 5.73 Å². The van der Waals surface area contributed by atoms with Crippen LogP contribution in [-0.4, -0.2) is 29.9 Å². The molecule has 2 amide bonds. The van der Waals surface area contributed by atoms with Gasteiger partial charge in [0.15, 0.2) is 0 Å². The lowest BCUT2D eigenvalue weighted by molar-refractivity contribution is -0.122. The number of hydrogen-bond acceptors (Lipinski definition) is 4. The maximum absolute atomic E-state index is 12.3. The number of pyridine rings is 1. The van der Waals surface area contributed by atoms with E-state index in [2.05, 4.69) is 10.3 Å². The molecule has 0 saturated heterocycles. The smallest absolute Gasteiger partial charge is 0.250 e. The Hall–Kier alpha value is -2.60. The Morgan fingerprint density at radius 3 is 2.67 bits per heavy atom. The summed E-state index contributed by atoms with van der Waals surface area (Å²) in [5.41, 5.74) is 7.74. The first-order chi connectivity index (χ1) is 11.5. The molecule has 0 radical (unpaired) electrons. The third-order valence-corrected chi connectivity index (χ3v) is 4.45. The fourth-order valence-corrected chi connectivity index (χ4v) is 3.20. The number of carbonyl (C=O) groups is 2. The van der Waals surface area contributed by atoms with E-state index in [1.165, 1.54) is 12.3 Å². The van der Waals surface area contributed by atoms with E-state index in [-0.39, 0.29) is 11.5 Å². The molecule has 124 valence electrons. The van der Waals surface area contributed by atoms with Crippen molar-refractivity contribution in [2.45, 2.75) is 19.0 Å². The predicted octanol–water partition coefficient (Wildman–Crippen LogP) is 1.51. The second-order valence-corrected chi connectivity index (χ2v) is 6.03. The van der Waals surface area contributed by atoms with Gasteiger partial charge in [0.05, 0.1) is 10.6 Å². The van der Waals surface area contributed by atoms with Crippen LogP contribution in [0.15, 0.2) is 36.5 Å². The summed E-state index contributed by atoms with van der Waals surface area (Å²) in [7, 11) is 1.60. The summed E-state index contributed by atoms with van der Waals surface area (Å²) < 4.78 is 0. The fraction of sp³-hybridized carbons (Fsp3) is 0.235. The van der Waals surface area contributed by atoms with Crippen LogP contribution in [0.5, 0.6) is 0 Å². The lowest BCUT2D eigenvalue weighted by Gasteiger charge is -2.37. The van der Waals surface area contributed by atoms with Crippen molar-refractivity contribution in [3.63, 3.8) is 0 Å². The normalized spacial score (nSPS) is 16.4. The molecule has 0 fully saturated rings. The highest BCUT2D eigenvalue weighted by atomic mass is 35.5. The number of fused-ring (bicyclic) bond motifs is 1. The third-order valence-electron chi connectivity index (χ3n) is 4.18. The lowest BCUT2D eigenvalue weighted by Crippen LogP contribution is -2.50. The van der Waals surface area contributed by atoms with E-state index >= 15 is 0 Å². The molecule has 0 unspecified atom stereocenters. The molecule has 3 N–H and O–H groups in total. The Balaban J connectivity index is 2.03. The van der Waals surface area contributed by atoms with Crippen LogP contribution in [0.25, 0.3) is 0 Å². The molecular weight excluding hydrogens is 328 g/mol. The Labute approximate surface area is 144 Å². The van der Waals surface area contributed by atoms with Crippen LogP contribution < -0.4 is 16.0 Å². The molecule has 1 aliphatic rings. The number of likely N-dealkylation sites (N-methyl/N-ethyl adjacent to an activating group) is 1. The highest BCUT2D eigenvalue weighted by molar-refractivity contribution is 6.33. The van der Waals surface area contributed by atoms with Gasteiger partial charge in [-0.3, -0.25) is 9.59 Å². The van der Waals surface area contributed by atoms with E-state index in [0.29, 0.717) is 23.8 Å². The van der Waals surface area contributed by atoms with E-state index in [0.717, 1.165) is 11.1 Å². The number of hydrogen-bond donors (Lipinski definition) is 2. The summed E-state index contributed by atoms with van der Waals surface area (Å²) in [5, 5.41) is 2.98. The summed E-state index contributed by atoms with van der Waals surface area (Å²) in [5.74, 6) is -0.242. The molecule has 3 rings (SSSR count). The van der Waals surface area contributed by atoms with Crippen molar-refractivity contribution in [2.75, 3.05) is 11.9 Å². The number of halogens is 1. The van der Waals surface area contributed by atoms with Gasteiger partial charge in [0.25, 0.3) is 0 Å². The van der Waals surface area contributed by atoms with E-state index < -0.39 is 11.9 Å². The summed E-state index contributed by atoms with van der Waals surface area (Å²) in [6, 6.07) is 9.02. The minimum atomic E-state index is -0.595. The van der Waals surface area contributed by atoms with Crippen LogP contribution >= 0.6 is 11.6 Å². The molecule has 1 atom stereocenters. The zero-order chi connectivity index (χ0) is 17.3. The van der Waals surface area contributed by atoms with Crippen molar-refractivity contribution in [3.05, 3.63) is 58.2 Å². The first kappa shape index (κ1) is 16.3. The zero-order valence-electron chi connectivity index (χ0n) is 13.1. The molecule has 1 aromatic heterocycles. The Bertz CT molecular complexity index is 809. The first-order valence-electron chi connectivity index (χ1n) is 7.51. The van der Waals surface area contributed by atoms with Crippen LogP contribution in [0.4, 0.5) is 5.82 Å². The van der Waals surface area contributed by atoms with Gasteiger partial charge in [0, 0.05) is 26.2 Å². The van der Waals surface area contributed by atoms with Crippen LogP contribution in [0.1, 0.15) is 21.5 Å². The van der Waals surface area contributed by atoms with Gasteiger partial charge in [-0.1, -0.05) is 35.9 Å². The number of nitrogens with one attached hydrogen (secondary N) is 1. The van der Waals surface area contributed by atoms with Gasteiger partial charge in [-0.15, -0.1) is 0 Å². The molecule has 0 saturated carbocycles. The Morgan fingerprint density at radius 1 is 1.33 bits per heavy atom. The predicted molar refractivity (Wildman–Crippen MR) is 91.9 cm³/mol. The topological polar surface area (TPSA) is 88.3 Å². The van der Waals surface area contributed by atoms with Crippen LogP contribution in [0.2, 0.25) is 5.02 Å². The maximum atomic E-state index is 12.3. The van der Waals surface area contributed by atoms with E-state index in [1.807, 2.05) is 29.2 Å². The summed E-state index contributed by atoms with van der Waals surface area (Å²) >= 11 is 6.30. The second-order valence-electron chi connectivity index (χ2n) is 5.62. The average molecular weight is 345 g/mol. The number of nitrogens with zero attached hydrogens (tertiary/aromatic N) is 2. The highest BCUT2D eigenvalue weighted by Gasteiger charge is 2.33. The number of aromatic nitrogens is 1. The summed E-state index contributed by atoms with van der Waals surface area (Å²) in [6.45, 7) is 0.511. The van der Waals surface area contributed by atoms with E-state index in [4.69, 9.17) is 17.3 Å². The van der Waals surface area contributed by atoms with Crippen molar-refractivity contribution in [1.29, 1.82) is 0 Å². The number of carbonyl (C=O) groups excluding carboxylic acids is 2. The number of rotatable bonds is 3. The Morgan fingerprint density at radius 2 is 2.04 bits per heavy atom. The molecule has 7 heteroatoms. The van der Waals surface area contributed by atoms with E-state index in [1.54, 1.807) is 7.05 Å². The van der Waals surface area contributed by atoms with Gasteiger partial charge in [-0.05, 0) is 17.2 Å². The molecule has 24 heavy (non-hydrogen) atoms. The molecule has 1 aliphatic heterocycles. The quantitative estimate of drug-likeness (QED) is 0.883. The minimum Gasteiger partial charge on any atom is -0.366 e. The van der Waals surface area contributed by atoms with Crippen molar-refractivity contribution in [3.8, 4) is 0 Å². The minimum absolute atomic E-state index is 0.110. The van der Waals surface area contributed by atoms with Crippen LogP contribution in [-0.2, 0) is 17.8 Å². The van der Waals surface area contributed by atoms with Gasteiger partial charge in [-0.2, -0.15) is 0 Å².